The molecule has 0 aliphatic carbocycles. The van der Waals surface area contributed by atoms with Gasteiger partial charge in [0, 0.05) is 16.2 Å². The SMILES string of the molecule is C=Cc1cc2c(cc1/C=C\C)oc1c3ccccc3ccc21. The molecule has 0 bridgehead atoms. The summed E-state index contributed by atoms with van der Waals surface area (Å²) in [4.78, 5) is 0. The highest BCUT2D eigenvalue weighted by atomic mass is 16.3. The van der Waals surface area contributed by atoms with Crippen LogP contribution in [0.15, 0.2) is 65.6 Å². The predicted octanol–water partition coefficient (Wildman–Crippen LogP) is 6.42. The van der Waals surface area contributed by atoms with E-state index in [-0.39, 0.29) is 0 Å². The Bertz CT molecular complexity index is 1050. The van der Waals surface area contributed by atoms with Gasteiger partial charge >= 0.3 is 0 Å². The molecule has 0 aliphatic rings. The van der Waals surface area contributed by atoms with Crippen LogP contribution in [0.25, 0.3) is 44.9 Å². The maximum atomic E-state index is 6.18. The summed E-state index contributed by atoms with van der Waals surface area (Å²) in [7, 11) is 0. The third-order valence-corrected chi connectivity index (χ3v) is 4.13. The van der Waals surface area contributed by atoms with Crippen molar-refractivity contribution in [3.63, 3.8) is 0 Å². The summed E-state index contributed by atoms with van der Waals surface area (Å²) in [6, 6.07) is 16.9. The van der Waals surface area contributed by atoms with Crippen molar-refractivity contribution in [2.45, 2.75) is 6.92 Å². The van der Waals surface area contributed by atoms with Gasteiger partial charge < -0.3 is 4.42 Å². The van der Waals surface area contributed by atoms with Crippen molar-refractivity contribution in [3.05, 3.63) is 72.3 Å². The first-order valence-corrected chi connectivity index (χ1v) is 7.45. The molecule has 1 aromatic heterocycles. The summed E-state index contributed by atoms with van der Waals surface area (Å²) in [6.45, 7) is 5.95. The van der Waals surface area contributed by atoms with E-state index in [9.17, 15) is 0 Å². The molecule has 0 spiro atoms. The molecular formula is C21H16O. The largest absolute Gasteiger partial charge is 0.455 e. The molecule has 4 rings (SSSR count). The molecule has 0 atom stereocenters. The van der Waals surface area contributed by atoms with E-state index in [0.29, 0.717) is 0 Å². The van der Waals surface area contributed by atoms with Crippen LogP contribution in [0.4, 0.5) is 0 Å². The lowest BCUT2D eigenvalue weighted by Crippen LogP contribution is -1.80. The van der Waals surface area contributed by atoms with Crippen LogP contribution in [0, 0.1) is 0 Å². The summed E-state index contributed by atoms with van der Waals surface area (Å²) >= 11 is 0. The highest BCUT2D eigenvalue weighted by molar-refractivity contribution is 6.15. The molecule has 0 N–H and O–H groups in total. The molecule has 0 saturated carbocycles. The zero-order valence-corrected chi connectivity index (χ0v) is 12.5. The zero-order chi connectivity index (χ0) is 15.1. The molecule has 1 heteroatoms. The Kier molecular flexibility index (Phi) is 2.87. The van der Waals surface area contributed by atoms with Gasteiger partial charge in [-0.25, -0.2) is 0 Å². The van der Waals surface area contributed by atoms with Gasteiger partial charge in [0.2, 0.25) is 0 Å². The van der Waals surface area contributed by atoms with Crippen LogP contribution in [0.2, 0.25) is 0 Å². The molecule has 0 amide bonds. The fourth-order valence-corrected chi connectivity index (χ4v) is 3.08. The Morgan fingerprint density at radius 2 is 1.77 bits per heavy atom. The molecule has 106 valence electrons. The van der Waals surface area contributed by atoms with Crippen molar-refractivity contribution in [2.24, 2.45) is 0 Å². The number of benzene rings is 3. The molecule has 4 aromatic rings. The predicted molar refractivity (Wildman–Crippen MR) is 96.0 cm³/mol. The molecule has 0 unspecified atom stereocenters. The van der Waals surface area contributed by atoms with Gasteiger partial charge in [-0.15, -0.1) is 0 Å². The first kappa shape index (κ1) is 12.9. The molecule has 1 heterocycles. The molecule has 3 aromatic carbocycles. The third-order valence-electron chi connectivity index (χ3n) is 4.13. The van der Waals surface area contributed by atoms with E-state index in [1.54, 1.807) is 0 Å². The molecule has 0 saturated heterocycles. The minimum atomic E-state index is 0.921. The van der Waals surface area contributed by atoms with Crippen molar-refractivity contribution in [2.75, 3.05) is 0 Å². The average Bonchev–Trinajstić information content (AvgIpc) is 2.92. The second-order valence-electron chi connectivity index (χ2n) is 5.45. The Hall–Kier alpha value is -2.80. The van der Waals surface area contributed by atoms with Gasteiger partial charge in [0.15, 0.2) is 0 Å². The maximum Gasteiger partial charge on any atom is 0.143 e. The summed E-state index contributed by atoms with van der Waals surface area (Å²) in [6.07, 6.45) is 6.02. The fraction of sp³-hybridized carbons (Fsp3) is 0.0476. The van der Waals surface area contributed by atoms with Gasteiger partial charge in [0.25, 0.3) is 0 Å². The van der Waals surface area contributed by atoms with Gasteiger partial charge in [-0.2, -0.15) is 0 Å². The van der Waals surface area contributed by atoms with Crippen molar-refractivity contribution < 1.29 is 4.42 Å². The molecular weight excluding hydrogens is 268 g/mol. The minimum Gasteiger partial charge on any atom is -0.455 e. The van der Waals surface area contributed by atoms with E-state index in [0.717, 1.165) is 38.5 Å². The van der Waals surface area contributed by atoms with Crippen molar-refractivity contribution >= 4 is 44.9 Å². The van der Waals surface area contributed by atoms with E-state index < -0.39 is 0 Å². The van der Waals surface area contributed by atoms with E-state index in [2.05, 4.69) is 61.2 Å². The molecule has 0 radical (unpaired) electrons. The summed E-state index contributed by atoms with van der Waals surface area (Å²) in [5.74, 6) is 0. The van der Waals surface area contributed by atoms with Gasteiger partial charge in [0.05, 0.1) is 0 Å². The van der Waals surface area contributed by atoms with Crippen molar-refractivity contribution in [1.82, 2.24) is 0 Å². The van der Waals surface area contributed by atoms with Crippen LogP contribution in [0.3, 0.4) is 0 Å². The van der Waals surface area contributed by atoms with E-state index in [4.69, 9.17) is 4.42 Å². The Labute approximate surface area is 129 Å². The zero-order valence-electron chi connectivity index (χ0n) is 12.5. The van der Waals surface area contributed by atoms with Gasteiger partial charge in [-0.05, 0) is 41.6 Å². The number of hydrogen-bond donors (Lipinski definition) is 0. The van der Waals surface area contributed by atoms with Crippen molar-refractivity contribution in [3.8, 4) is 0 Å². The first-order valence-electron chi connectivity index (χ1n) is 7.45. The fourth-order valence-electron chi connectivity index (χ4n) is 3.08. The lowest BCUT2D eigenvalue weighted by molar-refractivity contribution is 0.672. The second kappa shape index (κ2) is 4.88. The number of rotatable bonds is 2. The highest BCUT2D eigenvalue weighted by Gasteiger charge is 2.11. The summed E-state index contributed by atoms with van der Waals surface area (Å²) < 4.78 is 6.18. The first-order chi connectivity index (χ1) is 10.8. The molecule has 22 heavy (non-hydrogen) atoms. The average molecular weight is 284 g/mol. The number of fused-ring (bicyclic) bond motifs is 5. The maximum absolute atomic E-state index is 6.18. The minimum absolute atomic E-state index is 0.921. The van der Waals surface area contributed by atoms with E-state index >= 15 is 0 Å². The van der Waals surface area contributed by atoms with Crippen LogP contribution < -0.4 is 0 Å². The number of allylic oxidation sites excluding steroid dienone is 1. The normalized spacial score (nSPS) is 11.9. The smallest absolute Gasteiger partial charge is 0.143 e. The van der Waals surface area contributed by atoms with E-state index in [1.807, 2.05) is 19.1 Å². The number of furan rings is 1. The monoisotopic (exact) mass is 284 g/mol. The van der Waals surface area contributed by atoms with Gasteiger partial charge in [-0.3, -0.25) is 0 Å². The summed E-state index contributed by atoms with van der Waals surface area (Å²) in [5, 5.41) is 4.66. The van der Waals surface area contributed by atoms with Crippen LogP contribution in [0.5, 0.6) is 0 Å². The Balaban J connectivity index is 2.17. The second-order valence-corrected chi connectivity index (χ2v) is 5.45. The van der Waals surface area contributed by atoms with Crippen molar-refractivity contribution in [1.29, 1.82) is 0 Å². The lowest BCUT2D eigenvalue weighted by atomic mass is 10.0. The van der Waals surface area contributed by atoms with E-state index in [1.165, 1.54) is 5.39 Å². The Morgan fingerprint density at radius 1 is 0.909 bits per heavy atom. The van der Waals surface area contributed by atoms with Crippen LogP contribution in [-0.2, 0) is 0 Å². The molecule has 1 nitrogen and oxygen atoms in total. The standard InChI is InChI=1S/C21H16O/c1-3-7-16-13-20-19(12-14(16)4-2)18-11-10-15-8-5-6-9-17(15)21(18)22-20/h3-13H,2H2,1H3/b7-3-. The van der Waals surface area contributed by atoms with Gasteiger partial charge in [0.1, 0.15) is 11.2 Å². The Morgan fingerprint density at radius 3 is 2.59 bits per heavy atom. The molecule has 0 fully saturated rings. The number of hydrogen-bond acceptors (Lipinski definition) is 1. The molecule has 0 aliphatic heterocycles. The highest BCUT2D eigenvalue weighted by Crippen LogP contribution is 2.35. The van der Waals surface area contributed by atoms with Crippen LogP contribution in [0.1, 0.15) is 18.1 Å². The quantitative estimate of drug-likeness (QED) is 0.414. The lowest BCUT2D eigenvalue weighted by Gasteiger charge is -2.01. The van der Waals surface area contributed by atoms with Crippen LogP contribution >= 0.6 is 0 Å². The summed E-state index contributed by atoms with van der Waals surface area (Å²) in [5.41, 5.74) is 4.14. The van der Waals surface area contributed by atoms with Crippen LogP contribution in [-0.4, -0.2) is 0 Å². The third kappa shape index (κ3) is 1.79. The van der Waals surface area contributed by atoms with Gasteiger partial charge in [-0.1, -0.05) is 55.1 Å². The topological polar surface area (TPSA) is 13.1 Å².